The van der Waals surface area contributed by atoms with Gasteiger partial charge in [0.25, 0.3) is 22.2 Å². The van der Waals surface area contributed by atoms with Gasteiger partial charge in [-0.05, 0) is 11.8 Å². The number of phosphoric acid groups is 5. The second-order valence-corrected chi connectivity index (χ2v) is 40.2. The lowest BCUT2D eigenvalue weighted by atomic mass is 10.1. The maximum atomic E-state index is 16.0. The summed E-state index contributed by atoms with van der Waals surface area (Å²) in [5, 5.41) is 0. The van der Waals surface area contributed by atoms with Crippen molar-refractivity contribution in [2.45, 2.75) is 148 Å². The van der Waals surface area contributed by atoms with E-state index in [1.54, 1.807) is 0 Å². The summed E-state index contributed by atoms with van der Waals surface area (Å²) in [4.78, 5) is 176. The Morgan fingerprint density at radius 2 is 0.500 bits per heavy atom. The normalized spacial score (nSPS) is 37.5. The van der Waals surface area contributed by atoms with Gasteiger partial charge in [0.15, 0.2) is 142 Å². The molecule has 732 valence electrons. The summed E-state index contributed by atoms with van der Waals surface area (Å²) in [5.74, 6) is -1.27. The molecule has 12 aromatic heterocycles. The molecule has 0 saturated carbocycles. The molecule has 0 spiro atoms. The van der Waals surface area contributed by atoms with Crippen LogP contribution in [0.3, 0.4) is 0 Å². The van der Waals surface area contributed by atoms with E-state index in [0.717, 1.165) is 67.1 Å². The lowest BCUT2D eigenvalue weighted by molar-refractivity contribution is -0.0663. The van der Waals surface area contributed by atoms with Crippen molar-refractivity contribution < 1.29 is 161 Å². The van der Waals surface area contributed by atoms with Crippen LogP contribution in [0.25, 0.3) is 67.0 Å². The number of ether oxygens (including phenoxy) is 6. The van der Waals surface area contributed by atoms with Crippen molar-refractivity contribution in [1.82, 2.24) is 117 Å². The summed E-state index contributed by atoms with van der Waals surface area (Å²) in [6.45, 7) is -9.81. The number of nitrogens with zero attached hydrogens (tertiary/aromatic N) is 20. The number of hydrogen-bond donors (Lipinski definition) is 16. The van der Waals surface area contributed by atoms with E-state index in [-0.39, 0.29) is 102 Å². The average molecular weight is 2070 g/mol. The van der Waals surface area contributed by atoms with Crippen molar-refractivity contribution in [3.05, 3.63) is 92.0 Å². The number of imidazole rings is 6. The smallest absolute Gasteiger partial charge is 0.382 e. The van der Waals surface area contributed by atoms with Crippen LogP contribution in [0.15, 0.2) is 69.8 Å². The molecule has 21 heterocycles. The van der Waals surface area contributed by atoms with Crippen LogP contribution in [-0.2, 0) is 117 Å². The van der Waals surface area contributed by atoms with Crippen molar-refractivity contribution in [3.8, 4) is 0 Å². The van der Waals surface area contributed by atoms with Gasteiger partial charge in [0.1, 0.15) is 96.9 Å². The Hall–Kier alpha value is -10.3. The molecule has 0 aromatic carbocycles. The maximum absolute atomic E-state index is 16.0. The Morgan fingerprint density at radius 1 is 0.301 bits per heavy atom. The Morgan fingerprint density at radius 3 is 0.728 bits per heavy atom. The Bertz CT molecular complexity index is 6860. The van der Waals surface area contributed by atoms with Crippen LogP contribution in [0, 0.1) is 0 Å². The Labute approximate surface area is 749 Å². The molecular formula is C60H66F6N30O33P6S. The van der Waals surface area contributed by atoms with E-state index in [1.807, 2.05) is 0 Å². The molecule has 63 nitrogen and oxygen atoms in total. The van der Waals surface area contributed by atoms with Crippen molar-refractivity contribution in [2.24, 2.45) is 0 Å². The molecule has 76 heteroatoms. The number of aromatic amines is 4. The molecule has 0 radical (unpaired) electrons. The Balaban J connectivity index is 0.000000131. The number of H-pyrrole nitrogens is 4. The van der Waals surface area contributed by atoms with Gasteiger partial charge in [-0.1, -0.05) is 0 Å². The van der Waals surface area contributed by atoms with Gasteiger partial charge in [0.05, 0.1) is 77.6 Å². The number of hydrogen-bond acceptors (Lipinski definition) is 48. The third-order valence-electron chi connectivity index (χ3n) is 21.8. The number of halogens is 6. The zero-order valence-electron chi connectivity index (χ0n) is 67.2. The SMILES string of the molecule is Nc1nc2c(ncn2C2OC3COP(=O)(O)O[C@@H]4C(COP(=O)(O)O[C@H]3[C@H]2F)OC(n2cnc3c(=O)[nH]c(N)nc32)[C@@H]4F)c(=O)[nH]1.Nc1nc2c(ncn2C2OC3COP(=O)(O)O[C@@H]4C(COP(=O)(O)O[C@H]3[C@H]2F)OC(n2cnc3c(N)ncnc32)[C@@H]4F)c(=O)[nH]1.Nc1nc2c(ncn2C2OC3COP(=O)(O)O[C@@H]4C(COP(O)(=S)O[C@H]3[C@H]2F)OC(n2cnc3c(N)ncnc32)[C@@H]4F)c(=O)[nH]1. The summed E-state index contributed by atoms with van der Waals surface area (Å²) in [5.41, 5.74) is 29.8. The fraction of sp³-hybridized carbons (Fsp3) is 0.500. The van der Waals surface area contributed by atoms with Crippen molar-refractivity contribution >= 4 is 160 Å². The standard InChI is InChI=1S/C20H22F2N10O12P2.C20H22F2N10O11P2.C20H22F2N10O10P2S/c21-7-11-5(41-17(7)31-3-25-9-13(31)27-19(23)29-15(9)33)1-39-45(35,36)44-12-6(2-40-46(37,38)43-11)42-18(8(12)22)32-4-26-10-14(32)28-20(24)30-16(10)34;21-8-12-6(40-18(8)31-4-27-10-14(23)25-3-26-15(10)31)1-38-45(36,37)43-13-7(2-39-44(34,35)42-12)41-19(9(13)22)32-5-28-11-16(32)29-20(24)30-17(11)33;21-8-12-7(40-18(8)31-4-27-10-14(23)25-3-26-15(10)31)2-38-44(36,45)42-13-6(1-37-43(34,35)41-12)39-19(9(13)22)32-5-28-11-16(32)29-20(24)30-17(11)33/h3-8,11-12,17-18H,1-2H2,(H,35,36)(H,37,38)(H3,23,27,29,33)(H3,24,28,30,34);3-9,12-13,18-19H,1-2H2,(H,34,35)(H,36,37)(H2,23,25,26)(H3,24,29,30,33);3-9,12-13,18-19H,1-2H2,(H,34,35)(H,36,45)(H2,23,25,26)(H3,24,29,30,33)/t5?,6?,7-,8-,11-,12-,17?,18?;6?,7?,8-,9-,12-,13-,18?,19?;6?,7?,8-,9-,12-,13-,18?,19?,44?/m111/s1. The minimum Gasteiger partial charge on any atom is -0.382 e. The molecule has 18 unspecified atom stereocenters. The first kappa shape index (κ1) is 94.7. The number of phosphoric ester groups is 5. The van der Waals surface area contributed by atoms with E-state index in [2.05, 4.69) is 89.7 Å². The zero-order valence-corrected chi connectivity index (χ0v) is 73.4. The van der Waals surface area contributed by atoms with E-state index >= 15 is 26.3 Å². The molecule has 9 aliphatic rings. The number of nitrogens with one attached hydrogen (secondary N) is 4. The number of rotatable bonds is 6. The molecular weight excluding hydrogens is 2000 g/mol. The fourth-order valence-electron chi connectivity index (χ4n) is 15.8. The second-order valence-electron chi connectivity index (χ2n) is 30.3. The predicted molar refractivity (Wildman–Crippen MR) is 433 cm³/mol. The highest BCUT2D eigenvalue weighted by Gasteiger charge is 2.60. The summed E-state index contributed by atoms with van der Waals surface area (Å²) >= 11 is 5.10. The molecule has 9 fully saturated rings. The quantitative estimate of drug-likeness (QED) is 0.0648. The van der Waals surface area contributed by atoms with Crippen LogP contribution in [0.5, 0.6) is 0 Å². The van der Waals surface area contributed by atoms with Crippen molar-refractivity contribution in [2.75, 3.05) is 74.0 Å². The molecule has 9 aliphatic heterocycles. The second kappa shape index (κ2) is 35.6. The fourth-order valence-corrected chi connectivity index (χ4v) is 22.0. The first-order valence-corrected chi connectivity index (χ1v) is 48.9. The van der Waals surface area contributed by atoms with Gasteiger partial charge < -0.3 is 96.7 Å². The van der Waals surface area contributed by atoms with Crippen LogP contribution >= 0.6 is 45.8 Å². The average Bonchev–Trinajstić information content (AvgIpc) is 1.61. The van der Waals surface area contributed by atoms with Gasteiger partial charge in [0, 0.05) is 0 Å². The zero-order chi connectivity index (χ0) is 96.4. The third kappa shape index (κ3) is 18.0. The van der Waals surface area contributed by atoms with Gasteiger partial charge in [-0.2, -0.15) is 19.9 Å². The Kier molecular flexibility index (Phi) is 24.8. The summed E-state index contributed by atoms with van der Waals surface area (Å²) in [6.07, 6.45) is -35.7. The molecule has 0 aliphatic carbocycles. The van der Waals surface area contributed by atoms with Gasteiger partial charge >= 0.3 is 45.8 Å². The van der Waals surface area contributed by atoms with Crippen LogP contribution in [0.4, 0.5) is 61.8 Å². The molecule has 0 amide bonds. The largest absolute Gasteiger partial charge is 0.472 e. The number of aromatic nitrogens is 24. The van der Waals surface area contributed by atoms with Gasteiger partial charge in [-0.15, -0.1) is 0 Å². The summed E-state index contributed by atoms with van der Waals surface area (Å²) in [7, 11) is -25.9. The highest BCUT2D eigenvalue weighted by atomic mass is 32.5. The maximum Gasteiger partial charge on any atom is 0.472 e. The van der Waals surface area contributed by atoms with Gasteiger partial charge in [0.2, 0.25) is 23.8 Å². The van der Waals surface area contributed by atoms with E-state index in [0.29, 0.717) is 0 Å². The monoisotopic (exact) mass is 2070 g/mol. The minimum absolute atomic E-state index is 0.0127. The van der Waals surface area contributed by atoms with Crippen molar-refractivity contribution in [1.29, 1.82) is 0 Å². The van der Waals surface area contributed by atoms with E-state index in [4.69, 9.17) is 129 Å². The number of nitrogens with two attached hydrogens (primary N) is 6. The molecule has 21 rings (SSSR count). The van der Waals surface area contributed by atoms with Crippen LogP contribution in [0.1, 0.15) is 37.4 Å². The lowest BCUT2D eigenvalue weighted by Gasteiger charge is -2.28. The predicted octanol–water partition coefficient (Wildman–Crippen LogP) is -1.75. The lowest BCUT2D eigenvalue weighted by Crippen LogP contribution is -2.37. The van der Waals surface area contributed by atoms with Crippen molar-refractivity contribution in [3.63, 3.8) is 0 Å². The third-order valence-corrected chi connectivity index (χ3v) is 28.3. The molecule has 0 bridgehead atoms. The molecule has 12 aromatic rings. The number of fused-ring (bicyclic) bond motifs is 12. The molecule has 22 N–H and O–H groups in total. The highest BCUT2D eigenvalue weighted by molar-refractivity contribution is 8.07. The summed E-state index contributed by atoms with van der Waals surface area (Å²) < 4.78 is 262. The molecule has 9 saturated heterocycles. The van der Waals surface area contributed by atoms with Crippen LogP contribution in [-0.4, -0.2) is 296 Å². The van der Waals surface area contributed by atoms with E-state index < -0.39 is 255 Å². The minimum atomic E-state index is -5.22. The highest BCUT2D eigenvalue weighted by Crippen LogP contribution is 2.60. The van der Waals surface area contributed by atoms with Gasteiger partial charge in [-0.25, -0.2) is 99.0 Å². The number of nitrogen functional groups attached to an aromatic ring is 6. The number of alkyl halides is 6. The first-order chi connectivity index (χ1) is 64.3. The molecule has 30 atom stereocenters. The first-order valence-electron chi connectivity index (χ1n) is 38.8. The van der Waals surface area contributed by atoms with Crippen LogP contribution in [0.2, 0.25) is 0 Å². The topological polar surface area (TPSA) is 870 Å². The number of anilines is 6. The van der Waals surface area contributed by atoms with E-state index in [1.165, 1.54) is 10.9 Å². The van der Waals surface area contributed by atoms with Gasteiger partial charge in [-0.3, -0.25) is 116 Å². The van der Waals surface area contributed by atoms with E-state index in [9.17, 15) is 71.4 Å². The molecule has 136 heavy (non-hydrogen) atoms. The van der Waals surface area contributed by atoms with Crippen LogP contribution < -0.4 is 56.6 Å². The summed E-state index contributed by atoms with van der Waals surface area (Å²) in [6, 6.07) is 0.